The van der Waals surface area contributed by atoms with Crippen LogP contribution in [0, 0.1) is 0 Å². The van der Waals surface area contributed by atoms with Crippen LogP contribution in [0.3, 0.4) is 0 Å². The predicted octanol–water partition coefficient (Wildman–Crippen LogP) is 1.23. The third kappa shape index (κ3) is 1.50. The van der Waals surface area contributed by atoms with E-state index in [0.29, 0.717) is 25.0 Å². The second kappa shape index (κ2) is 3.70. The first kappa shape index (κ1) is 9.50. The molecule has 1 aromatic carbocycles. The van der Waals surface area contributed by atoms with Gasteiger partial charge in [0.05, 0.1) is 19.8 Å². The maximum atomic E-state index is 5.42. The zero-order valence-electron chi connectivity index (χ0n) is 8.64. The number of nitrogens with two attached hydrogens (primary N) is 1. The molecule has 2 aromatic rings. The molecule has 0 unspecified atom stereocenters. The van der Waals surface area contributed by atoms with Gasteiger partial charge in [-0.25, -0.2) is 0 Å². The molecular formula is C11H11N3O2. The largest absolute Gasteiger partial charge is 0.419 e. The summed E-state index contributed by atoms with van der Waals surface area (Å²) < 4.78 is 10.7. The Kier molecular flexibility index (Phi) is 2.19. The summed E-state index contributed by atoms with van der Waals surface area (Å²) in [6.07, 6.45) is 0. The van der Waals surface area contributed by atoms with Gasteiger partial charge >= 0.3 is 0 Å². The third-order valence-corrected chi connectivity index (χ3v) is 2.61. The highest BCUT2D eigenvalue weighted by Gasteiger charge is 2.14. The summed E-state index contributed by atoms with van der Waals surface area (Å²) in [5.41, 5.74) is 8.74. The Morgan fingerprint density at radius 2 is 2.06 bits per heavy atom. The first-order valence-electron chi connectivity index (χ1n) is 5.09. The van der Waals surface area contributed by atoms with Crippen LogP contribution < -0.4 is 5.73 Å². The lowest BCUT2D eigenvalue weighted by Crippen LogP contribution is -1.95. The molecule has 0 fully saturated rings. The Hall–Kier alpha value is -1.72. The molecule has 0 saturated carbocycles. The Morgan fingerprint density at radius 1 is 1.19 bits per heavy atom. The van der Waals surface area contributed by atoms with Crippen LogP contribution in [0.1, 0.15) is 17.0 Å². The highest BCUT2D eigenvalue weighted by Crippen LogP contribution is 2.26. The third-order valence-electron chi connectivity index (χ3n) is 2.61. The van der Waals surface area contributed by atoms with E-state index in [0.717, 1.165) is 5.56 Å². The second-order valence-corrected chi connectivity index (χ2v) is 3.68. The van der Waals surface area contributed by atoms with Gasteiger partial charge in [-0.2, -0.15) is 0 Å². The van der Waals surface area contributed by atoms with Crippen LogP contribution in [0.2, 0.25) is 0 Å². The van der Waals surface area contributed by atoms with Crippen molar-refractivity contribution in [2.24, 2.45) is 5.73 Å². The van der Waals surface area contributed by atoms with Crippen LogP contribution >= 0.6 is 0 Å². The number of benzene rings is 1. The summed E-state index contributed by atoms with van der Waals surface area (Å²) in [7, 11) is 0. The lowest BCUT2D eigenvalue weighted by atomic mass is 10.1. The molecule has 0 bridgehead atoms. The van der Waals surface area contributed by atoms with Crippen LogP contribution in [-0.2, 0) is 24.5 Å². The molecule has 5 nitrogen and oxygen atoms in total. The van der Waals surface area contributed by atoms with E-state index in [1.54, 1.807) is 0 Å². The van der Waals surface area contributed by atoms with Gasteiger partial charge in [0.15, 0.2) is 0 Å². The standard InChI is InChI=1S/C11H11N3O2/c12-4-10-13-14-11(16-10)7-1-2-8-5-15-6-9(8)3-7/h1-3H,4-6,12H2. The molecule has 1 aromatic heterocycles. The summed E-state index contributed by atoms with van der Waals surface area (Å²) in [4.78, 5) is 0. The van der Waals surface area contributed by atoms with Crippen molar-refractivity contribution in [1.82, 2.24) is 10.2 Å². The zero-order chi connectivity index (χ0) is 11.0. The maximum absolute atomic E-state index is 5.42. The molecular weight excluding hydrogens is 206 g/mol. The van der Waals surface area contributed by atoms with Crippen LogP contribution in [-0.4, -0.2) is 10.2 Å². The van der Waals surface area contributed by atoms with E-state index in [4.69, 9.17) is 14.9 Å². The summed E-state index contributed by atoms with van der Waals surface area (Å²) in [5, 5.41) is 7.78. The minimum absolute atomic E-state index is 0.265. The molecule has 2 heterocycles. The topological polar surface area (TPSA) is 74.2 Å². The van der Waals surface area contributed by atoms with Gasteiger partial charge in [0.25, 0.3) is 0 Å². The van der Waals surface area contributed by atoms with Crippen molar-refractivity contribution < 1.29 is 9.15 Å². The zero-order valence-corrected chi connectivity index (χ0v) is 8.64. The molecule has 1 aliphatic heterocycles. The Labute approximate surface area is 92.2 Å². The van der Waals surface area contributed by atoms with Gasteiger partial charge in [-0.3, -0.25) is 0 Å². The van der Waals surface area contributed by atoms with Gasteiger partial charge in [-0.05, 0) is 23.3 Å². The molecule has 5 heteroatoms. The average molecular weight is 217 g/mol. The van der Waals surface area contributed by atoms with E-state index in [1.165, 1.54) is 11.1 Å². The molecule has 0 amide bonds. The molecule has 16 heavy (non-hydrogen) atoms. The van der Waals surface area contributed by atoms with E-state index in [9.17, 15) is 0 Å². The van der Waals surface area contributed by atoms with Crippen LogP contribution in [0.4, 0.5) is 0 Å². The number of hydrogen-bond acceptors (Lipinski definition) is 5. The van der Waals surface area contributed by atoms with Crippen molar-refractivity contribution in [2.75, 3.05) is 0 Å². The predicted molar refractivity (Wildman–Crippen MR) is 56.1 cm³/mol. The first-order chi connectivity index (χ1) is 7.86. The van der Waals surface area contributed by atoms with E-state index in [2.05, 4.69) is 10.2 Å². The molecule has 0 radical (unpaired) electrons. The smallest absolute Gasteiger partial charge is 0.247 e. The summed E-state index contributed by atoms with van der Waals surface area (Å²) in [5.74, 6) is 0.960. The fourth-order valence-electron chi connectivity index (χ4n) is 1.76. The highest BCUT2D eigenvalue weighted by atomic mass is 16.5. The molecule has 0 saturated heterocycles. The minimum Gasteiger partial charge on any atom is -0.419 e. The molecule has 0 aliphatic carbocycles. The minimum atomic E-state index is 0.265. The Balaban J connectivity index is 2.00. The number of fused-ring (bicyclic) bond motifs is 1. The number of hydrogen-bond donors (Lipinski definition) is 1. The average Bonchev–Trinajstić information content (AvgIpc) is 2.96. The van der Waals surface area contributed by atoms with Gasteiger partial charge in [0, 0.05) is 5.56 Å². The molecule has 2 N–H and O–H groups in total. The molecule has 1 aliphatic rings. The quantitative estimate of drug-likeness (QED) is 0.818. The van der Waals surface area contributed by atoms with Crippen LogP contribution in [0.5, 0.6) is 0 Å². The van der Waals surface area contributed by atoms with Gasteiger partial charge in [0.2, 0.25) is 11.8 Å². The summed E-state index contributed by atoms with van der Waals surface area (Å²) >= 11 is 0. The second-order valence-electron chi connectivity index (χ2n) is 3.68. The van der Waals surface area contributed by atoms with Crippen molar-refractivity contribution in [1.29, 1.82) is 0 Å². The van der Waals surface area contributed by atoms with Gasteiger partial charge in [0.1, 0.15) is 0 Å². The number of rotatable bonds is 2. The van der Waals surface area contributed by atoms with Crippen molar-refractivity contribution >= 4 is 0 Å². The normalized spacial score (nSPS) is 14.1. The number of nitrogens with zero attached hydrogens (tertiary/aromatic N) is 2. The fraction of sp³-hybridized carbons (Fsp3) is 0.273. The van der Waals surface area contributed by atoms with E-state index in [1.807, 2.05) is 18.2 Å². The molecule has 82 valence electrons. The fourth-order valence-corrected chi connectivity index (χ4v) is 1.76. The molecule has 0 spiro atoms. The van der Waals surface area contributed by atoms with Gasteiger partial charge in [-0.1, -0.05) is 6.07 Å². The maximum Gasteiger partial charge on any atom is 0.247 e. The van der Waals surface area contributed by atoms with Crippen molar-refractivity contribution in [3.8, 4) is 11.5 Å². The first-order valence-corrected chi connectivity index (χ1v) is 5.09. The van der Waals surface area contributed by atoms with E-state index in [-0.39, 0.29) is 6.54 Å². The molecule has 0 atom stereocenters. The van der Waals surface area contributed by atoms with E-state index >= 15 is 0 Å². The van der Waals surface area contributed by atoms with Crippen molar-refractivity contribution in [3.63, 3.8) is 0 Å². The van der Waals surface area contributed by atoms with Crippen LogP contribution in [0.15, 0.2) is 22.6 Å². The SMILES string of the molecule is NCc1nnc(-c2ccc3c(c2)COC3)o1. The summed E-state index contributed by atoms with van der Waals surface area (Å²) in [6.45, 7) is 1.61. The number of aromatic nitrogens is 2. The highest BCUT2D eigenvalue weighted by molar-refractivity contribution is 5.55. The molecule has 3 rings (SSSR count). The monoisotopic (exact) mass is 217 g/mol. The van der Waals surface area contributed by atoms with E-state index < -0.39 is 0 Å². The number of ether oxygens (including phenoxy) is 1. The lowest BCUT2D eigenvalue weighted by Gasteiger charge is -1.98. The van der Waals surface area contributed by atoms with Crippen molar-refractivity contribution in [3.05, 3.63) is 35.2 Å². The van der Waals surface area contributed by atoms with Gasteiger partial charge in [-0.15, -0.1) is 10.2 Å². The Morgan fingerprint density at radius 3 is 2.88 bits per heavy atom. The van der Waals surface area contributed by atoms with Gasteiger partial charge < -0.3 is 14.9 Å². The van der Waals surface area contributed by atoms with Crippen molar-refractivity contribution in [2.45, 2.75) is 19.8 Å². The van der Waals surface area contributed by atoms with Crippen LogP contribution in [0.25, 0.3) is 11.5 Å². The summed E-state index contributed by atoms with van der Waals surface area (Å²) in [6, 6.07) is 6.02. The Bertz CT molecular complexity index is 522. The lowest BCUT2D eigenvalue weighted by molar-refractivity contribution is 0.134.